The minimum absolute atomic E-state index is 0.0297. The van der Waals surface area contributed by atoms with Crippen molar-refractivity contribution in [2.45, 2.75) is 72.6 Å². The molecule has 33 heavy (non-hydrogen) atoms. The van der Waals surface area contributed by atoms with Crippen LogP contribution in [0.3, 0.4) is 0 Å². The molecule has 0 spiro atoms. The molecule has 0 heterocycles. The molecular weight excluding hydrogens is 434 g/mol. The van der Waals surface area contributed by atoms with E-state index in [-0.39, 0.29) is 30.4 Å². The summed E-state index contributed by atoms with van der Waals surface area (Å²) in [5.41, 5.74) is 6.52. The molecule has 0 aromatic heterocycles. The third-order valence-corrected chi connectivity index (χ3v) is 4.70. The highest BCUT2D eigenvalue weighted by molar-refractivity contribution is 5.76. The highest BCUT2D eigenvalue weighted by Crippen LogP contribution is 2.29. The van der Waals surface area contributed by atoms with Crippen LogP contribution in [0.5, 0.6) is 11.5 Å². The van der Waals surface area contributed by atoms with Crippen molar-refractivity contribution in [3.8, 4) is 11.5 Å². The molecular formula is C23H33NO9. The second-order valence-corrected chi connectivity index (χ2v) is 7.82. The third-order valence-electron chi connectivity index (χ3n) is 4.70. The summed E-state index contributed by atoms with van der Waals surface area (Å²) in [6, 6.07) is 3.44. The van der Waals surface area contributed by atoms with E-state index >= 15 is 0 Å². The highest BCUT2D eigenvalue weighted by Gasteiger charge is 2.25. The minimum atomic E-state index is -1.04. The van der Waals surface area contributed by atoms with Crippen LogP contribution in [0.2, 0.25) is 0 Å². The van der Waals surface area contributed by atoms with Crippen LogP contribution in [0.25, 0.3) is 0 Å². The maximum atomic E-state index is 12.4. The van der Waals surface area contributed by atoms with Gasteiger partial charge in [0.2, 0.25) is 0 Å². The Bertz CT molecular complexity index is 839. The third kappa shape index (κ3) is 10.3. The predicted molar refractivity (Wildman–Crippen MR) is 118 cm³/mol. The molecule has 0 aliphatic heterocycles. The van der Waals surface area contributed by atoms with Crippen LogP contribution in [0, 0.1) is 5.92 Å². The summed E-state index contributed by atoms with van der Waals surface area (Å²) in [6.45, 7) is 9.75. The number of esters is 3. The van der Waals surface area contributed by atoms with Gasteiger partial charge in [0.15, 0.2) is 11.5 Å². The summed E-state index contributed by atoms with van der Waals surface area (Å²) in [4.78, 5) is 46.7. The number of hydrogen-bond acceptors (Lipinski definition) is 10. The van der Waals surface area contributed by atoms with E-state index in [2.05, 4.69) is 0 Å². The summed E-state index contributed by atoms with van der Waals surface area (Å²) < 4.78 is 25.6. The summed E-state index contributed by atoms with van der Waals surface area (Å²) in [7, 11) is 0. The molecule has 4 atom stereocenters. The van der Waals surface area contributed by atoms with Crippen molar-refractivity contribution >= 4 is 24.1 Å². The number of carbonyl (C=O) groups is 4. The van der Waals surface area contributed by atoms with Gasteiger partial charge in [0.05, 0.1) is 6.61 Å². The summed E-state index contributed by atoms with van der Waals surface area (Å²) in [5, 5.41) is 0. The van der Waals surface area contributed by atoms with Crippen LogP contribution in [0.15, 0.2) is 18.2 Å². The topological polar surface area (TPSA) is 140 Å². The van der Waals surface area contributed by atoms with E-state index in [4.69, 9.17) is 29.4 Å². The van der Waals surface area contributed by atoms with E-state index in [0.717, 1.165) is 6.42 Å². The number of ether oxygens (including phenoxy) is 5. The van der Waals surface area contributed by atoms with Gasteiger partial charge in [-0.1, -0.05) is 26.3 Å². The number of rotatable bonds is 11. The summed E-state index contributed by atoms with van der Waals surface area (Å²) >= 11 is 0. The van der Waals surface area contributed by atoms with Crippen molar-refractivity contribution < 1.29 is 42.9 Å². The van der Waals surface area contributed by atoms with Crippen molar-refractivity contribution in [3.63, 3.8) is 0 Å². The quantitative estimate of drug-likeness (QED) is 0.381. The van der Waals surface area contributed by atoms with Gasteiger partial charge in [-0.15, -0.1) is 0 Å². The fourth-order valence-corrected chi connectivity index (χ4v) is 2.47. The second kappa shape index (κ2) is 13.4. The largest absolute Gasteiger partial charge is 0.508 e. The maximum absolute atomic E-state index is 12.4. The first-order valence-corrected chi connectivity index (χ1v) is 10.7. The predicted octanol–water partition coefficient (Wildman–Crippen LogP) is 2.93. The molecule has 10 heteroatoms. The molecule has 184 valence electrons. The molecule has 1 aromatic rings. The Hall–Kier alpha value is -3.14. The normalized spacial score (nSPS) is 14.3. The Labute approximate surface area is 193 Å². The van der Waals surface area contributed by atoms with Gasteiger partial charge in [0.25, 0.3) is 0 Å². The molecule has 1 aromatic carbocycles. The van der Waals surface area contributed by atoms with Crippen LogP contribution >= 0.6 is 0 Å². The standard InChI is InChI=1S/C23H33NO9/c1-7-13(2)12-29-23(28)31-15(4)14(3)30-22(27)19(24)10-18-8-9-20(32-16(5)25)21(11-18)33-17(6)26/h8-9,11,13-15,19H,7,10,12,24H2,1-6H3/t13?,14-,15-,19-/m0/s1. The zero-order valence-electron chi connectivity index (χ0n) is 19.9. The highest BCUT2D eigenvalue weighted by atomic mass is 16.7. The molecule has 0 saturated carbocycles. The second-order valence-electron chi connectivity index (χ2n) is 7.82. The molecule has 10 nitrogen and oxygen atoms in total. The number of benzene rings is 1. The minimum Gasteiger partial charge on any atom is -0.458 e. The smallest absolute Gasteiger partial charge is 0.458 e. The molecule has 0 amide bonds. The lowest BCUT2D eigenvalue weighted by molar-refractivity contribution is -0.155. The van der Waals surface area contributed by atoms with Crippen LogP contribution < -0.4 is 15.2 Å². The van der Waals surface area contributed by atoms with E-state index in [1.165, 1.54) is 26.0 Å². The average Bonchev–Trinajstić information content (AvgIpc) is 2.72. The fourth-order valence-electron chi connectivity index (χ4n) is 2.47. The van der Waals surface area contributed by atoms with E-state index in [1.54, 1.807) is 19.9 Å². The SMILES string of the molecule is CCC(C)COC(=O)O[C@@H](C)[C@H](C)OC(=O)[C@@H](N)Cc1ccc(OC(C)=O)c(OC(C)=O)c1. The van der Waals surface area contributed by atoms with Crippen LogP contribution in [0.4, 0.5) is 4.79 Å². The zero-order valence-corrected chi connectivity index (χ0v) is 19.9. The Morgan fingerprint density at radius 2 is 1.48 bits per heavy atom. The number of hydrogen-bond donors (Lipinski definition) is 1. The Kier molecular flexibility index (Phi) is 11.3. The monoisotopic (exact) mass is 467 g/mol. The fraction of sp³-hybridized carbons (Fsp3) is 0.565. The van der Waals surface area contributed by atoms with Gasteiger partial charge in [-0.05, 0) is 43.9 Å². The van der Waals surface area contributed by atoms with Crippen LogP contribution in [-0.2, 0) is 35.0 Å². The lowest BCUT2D eigenvalue weighted by Gasteiger charge is -2.22. The molecule has 1 rings (SSSR count). The number of nitrogens with two attached hydrogens (primary N) is 1. The molecule has 0 fully saturated rings. The molecule has 1 unspecified atom stereocenters. The van der Waals surface area contributed by atoms with Crippen molar-refractivity contribution in [1.29, 1.82) is 0 Å². The van der Waals surface area contributed by atoms with Gasteiger partial charge in [-0.25, -0.2) is 4.79 Å². The molecule has 2 N–H and O–H groups in total. The summed E-state index contributed by atoms with van der Waals surface area (Å²) in [6.07, 6.45) is -1.41. The van der Waals surface area contributed by atoms with E-state index in [0.29, 0.717) is 5.56 Å². The molecule has 0 bridgehead atoms. The van der Waals surface area contributed by atoms with Gasteiger partial charge < -0.3 is 29.4 Å². The van der Waals surface area contributed by atoms with Crippen molar-refractivity contribution in [1.82, 2.24) is 0 Å². The van der Waals surface area contributed by atoms with Crippen LogP contribution in [-0.4, -0.2) is 48.9 Å². The zero-order chi connectivity index (χ0) is 25.1. The Morgan fingerprint density at radius 1 is 0.909 bits per heavy atom. The van der Waals surface area contributed by atoms with E-state index < -0.39 is 42.3 Å². The van der Waals surface area contributed by atoms with Gasteiger partial charge in [0.1, 0.15) is 18.2 Å². The van der Waals surface area contributed by atoms with Gasteiger partial charge in [0, 0.05) is 13.8 Å². The Morgan fingerprint density at radius 3 is 2.06 bits per heavy atom. The van der Waals surface area contributed by atoms with E-state index in [9.17, 15) is 19.2 Å². The van der Waals surface area contributed by atoms with Crippen molar-refractivity contribution in [3.05, 3.63) is 23.8 Å². The first kappa shape index (κ1) is 27.9. The van der Waals surface area contributed by atoms with E-state index in [1.807, 2.05) is 13.8 Å². The van der Waals surface area contributed by atoms with Gasteiger partial charge in [-0.2, -0.15) is 0 Å². The lowest BCUT2D eigenvalue weighted by atomic mass is 10.1. The first-order chi connectivity index (χ1) is 15.4. The van der Waals surface area contributed by atoms with Gasteiger partial charge >= 0.3 is 24.1 Å². The average molecular weight is 468 g/mol. The number of carbonyl (C=O) groups excluding carboxylic acids is 4. The van der Waals surface area contributed by atoms with Crippen LogP contribution in [0.1, 0.15) is 53.5 Å². The maximum Gasteiger partial charge on any atom is 0.508 e. The molecule has 0 aliphatic rings. The molecule has 0 aliphatic carbocycles. The van der Waals surface area contributed by atoms with Crippen molar-refractivity contribution in [2.24, 2.45) is 11.7 Å². The molecule has 0 saturated heterocycles. The summed E-state index contributed by atoms with van der Waals surface area (Å²) in [5.74, 6) is -1.57. The van der Waals surface area contributed by atoms with Crippen molar-refractivity contribution in [2.75, 3.05) is 6.61 Å². The first-order valence-electron chi connectivity index (χ1n) is 10.7. The Balaban J connectivity index is 2.68. The lowest BCUT2D eigenvalue weighted by Crippen LogP contribution is -2.39. The molecule has 0 radical (unpaired) electrons. The van der Waals surface area contributed by atoms with Gasteiger partial charge in [-0.3, -0.25) is 14.4 Å².